The quantitative estimate of drug-likeness (QED) is 0.894. The van der Waals surface area contributed by atoms with Gasteiger partial charge in [-0.2, -0.15) is 0 Å². The van der Waals surface area contributed by atoms with Crippen LogP contribution in [0.15, 0.2) is 36.5 Å². The molecule has 1 aromatic carbocycles. The first-order chi connectivity index (χ1) is 10.0. The molecule has 21 heavy (non-hydrogen) atoms. The van der Waals surface area contributed by atoms with Gasteiger partial charge < -0.3 is 10.2 Å². The molecule has 3 nitrogen and oxygen atoms in total. The van der Waals surface area contributed by atoms with Gasteiger partial charge in [-0.05, 0) is 45.0 Å². The molecule has 3 heteroatoms. The van der Waals surface area contributed by atoms with Gasteiger partial charge in [0.15, 0.2) is 0 Å². The molecule has 2 rings (SSSR count). The van der Waals surface area contributed by atoms with Crippen molar-refractivity contribution in [3.05, 3.63) is 53.2 Å². The first-order valence-corrected chi connectivity index (χ1v) is 7.53. The van der Waals surface area contributed by atoms with Gasteiger partial charge in [0.05, 0.1) is 0 Å². The summed E-state index contributed by atoms with van der Waals surface area (Å²) in [6.45, 7) is 9.52. The minimum Gasteiger partial charge on any atom is -0.329 e. The Morgan fingerprint density at radius 1 is 1.24 bits per heavy atom. The van der Waals surface area contributed by atoms with Crippen LogP contribution in [0.3, 0.4) is 0 Å². The van der Waals surface area contributed by atoms with E-state index in [1.165, 1.54) is 22.4 Å². The fourth-order valence-electron chi connectivity index (χ4n) is 2.74. The van der Waals surface area contributed by atoms with E-state index in [2.05, 4.69) is 74.2 Å². The van der Waals surface area contributed by atoms with Crippen molar-refractivity contribution in [3.8, 4) is 0 Å². The van der Waals surface area contributed by atoms with E-state index in [-0.39, 0.29) is 6.04 Å². The Kier molecular flexibility index (Phi) is 4.97. The lowest BCUT2D eigenvalue weighted by Crippen LogP contribution is -2.22. The lowest BCUT2D eigenvalue weighted by atomic mass is 10.1. The number of anilines is 2. The van der Waals surface area contributed by atoms with Crippen LogP contribution in [-0.4, -0.2) is 18.6 Å². The Morgan fingerprint density at radius 2 is 2.00 bits per heavy atom. The number of nitrogens with zero attached hydrogens (tertiary/aromatic N) is 2. The summed E-state index contributed by atoms with van der Waals surface area (Å²) in [7, 11) is 2.09. The van der Waals surface area contributed by atoms with Crippen molar-refractivity contribution in [1.29, 1.82) is 0 Å². The van der Waals surface area contributed by atoms with Crippen molar-refractivity contribution in [1.82, 2.24) is 10.3 Å². The summed E-state index contributed by atoms with van der Waals surface area (Å²) >= 11 is 0. The molecular formula is C18H25N3. The molecule has 0 saturated heterocycles. The van der Waals surface area contributed by atoms with E-state index < -0.39 is 0 Å². The number of aromatic nitrogens is 1. The second kappa shape index (κ2) is 6.72. The second-order valence-electron chi connectivity index (χ2n) is 5.54. The van der Waals surface area contributed by atoms with Gasteiger partial charge in [-0.3, -0.25) is 0 Å². The predicted molar refractivity (Wildman–Crippen MR) is 90.3 cm³/mol. The van der Waals surface area contributed by atoms with E-state index in [4.69, 9.17) is 0 Å². The number of rotatable bonds is 5. The van der Waals surface area contributed by atoms with E-state index in [0.29, 0.717) is 0 Å². The van der Waals surface area contributed by atoms with Crippen molar-refractivity contribution in [2.45, 2.75) is 33.7 Å². The molecule has 1 heterocycles. The molecule has 1 aromatic heterocycles. The largest absolute Gasteiger partial charge is 0.329 e. The van der Waals surface area contributed by atoms with Crippen LogP contribution in [-0.2, 0) is 0 Å². The molecular weight excluding hydrogens is 258 g/mol. The molecule has 0 spiro atoms. The summed E-state index contributed by atoms with van der Waals surface area (Å²) < 4.78 is 0. The van der Waals surface area contributed by atoms with Crippen LogP contribution < -0.4 is 10.2 Å². The average molecular weight is 283 g/mol. The third-order valence-electron chi connectivity index (χ3n) is 3.83. The van der Waals surface area contributed by atoms with Gasteiger partial charge in [0.25, 0.3) is 0 Å². The molecule has 0 bridgehead atoms. The van der Waals surface area contributed by atoms with Crippen LogP contribution in [0.5, 0.6) is 0 Å². The Labute approximate surface area is 128 Å². The highest BCUT2D eigenvalue weighted by Gasteiger charge is 2.16. The van der Waals surface area contributed by atoms with Crippen LogP contribution in [0.4, 0.5) is 11.5 Å². The molecule has 0 aliphatic rings. The maximum atomic E-state index is 4.61. The first kappa shape index (κ1) is 15.5. The molecule has 2 aromatic rings. The Balaban J connectivity index is 2.41. The fourth-order valence-corrected chi connectivity index (χ4v) is 2.74. The molecule has 1 unspecified atom stereocenters. The summed E-state index contributed by atoms with van der Waals surface area (Å²) in [5.74, 6) is 1.01. The molecule has 0 aliphatic carbocycles. The van der Waals surface area contributed by atoms with Crippen LogP contribution in [0.2, 0.25) is 0 Å². The van der Waals surface area contributed by atoms with Gasteiger partial charge in [-0.15, -0.1) is 0 Å². The number of hydrogen-bond acceptors (Lipinski definition) is 3. The van der Waals surface area contributed by atoms with Gasteiger partial charge in [-0.25, -0.2) is 4.98 Å². The van der Waals surface area contributed by atoms with Crippen molar-refractivity contribution >= 4 is 11.5 Å². The van der Waals surface area contributed by atoms with Gasteiger partial charge in [-0.1, -0.05) is 30.7 Å². The topological polar surface area (TPSA) is 28.2 Å². The standard InChI is InChI=1S/C18H25N3/c1-6-19-15(4)16-8-7-11-20-18(16)21(5)17-10-9-13(2)12-14(17)3/h7-12,15,19H,6H2,1-5H3. The van der Waals surface area contributed by atoms with Crippen LogP contribution >= 0.6 is 0 Å². The second-order valence-corrected chi connectivity index (χ2v) is 5.54. The number of aryl methyl sites for hydroxylation is 2. The zero-order chi connectivity index (χ0) is 15.4. The van der Waals surface area contributed by atoms with Crippen LogP contribution in [0.1, 0.15) is 36.6 Å². The van der Waals surface area contributed by atoms with Crippen LogP contribution in [0.25, 0.3) is 0 Å². The lowest BCUT2D eigenvalue weighted by molar-refractivity contribution is 0.596. The van der Waals surface area contributed by atoms with Gasteiger partial charge in [0, 0.05) is 30.5 Å². The van der Waals surface area contributed by atoms with Gasteiger partial charge in [0.1, 0.15) is 5.82 Å². The molecule has 0 radical (unpaired) electrons. The normalized spacial score (nSPS) is 12.2. The maximum absolute atomic E-state index is 4.61. The van der Waals surface area contributed by atoms with E-state index in [0.717, 1.165) is 12.4 Å². The third kappa shape index (κ3) is 3.42. The fraction of sp³-hybridized carbons (Fsp3) is 0.389. The highest BCUT2D eigenvalue weighted by molar-refractivity contribution is 5.66. The number of nitrogens with one attached hydrogen (secondary N) is 1. The zero-order valence-corrected chi connectivity index (χ0v) is 13.6. The third-order valence-corrected chi connectivity index (χ3v) is 3.83. The minimum atomic E-state index is 0.284. The predicted octanol–water partition coefficient (Wildman–Crippen LogP) is 4.14. The maximum Gasteiger partial charge on any atom is 0.137 e. The molecule has 1 atom stereocenters. The van der Waals surface area contributed by atoms with Gasteiger partial charge >= 0.3 is 0 Å². The first-order valence-electron chi connectivity index (χ1n) is 7.53. The monoisotopic (exact) mass is 283 g/mol. The summed E-state index contributed by atoms with van der Waals surface area (Å²) in [6, 6.07) is 11.0. The molecule has 0 amide bonds. The molecule has 0 fully saturated rings. The van der Waals surface area contributed by atoms with E-state index in [1.54, 1.807) is 0 Å². The van der Waals surface area contributed by atoms with Crippen molar-refractivity contribution in [2.24, 2.45) is 0 Å². The smallest absolute Gasteiger partial charge is 0.137 e. The average Bonchev–Trinajstić information content (AvgIpc) is 2.47. The molecule has 0 aliphatic heterocycles. The summed E-state index contributed by atoms with van der Waals surface area (Å²) in [6.07, 6.45) is 1.86. The van der Waals surface area contributed by atoms with E-state index in [1.807, 2.05) is 12.3 Å². The molecule has 0 saturated carbocycles. The Hall–Kier alpha value is -1.87. The number of benzene rings is 1. The lowest BCUT2D eigenvalue weighted by Gasteiger charge is -2.25. The van der Waals surface area contributed by atoms with E-state index in [9.17, 15) is 0 Å². The van der Waals surface area contributed by atoms with Crippen LogP contribution in [0, 0.1) is 13.8 Å². The summed E-state index contributed by atoms with van der Waals surface area (Å²) in [4.78, 5) is 6.79. The van der Waals surface area contributed by atoms with E-state index >= 15 is 0 Å². The number of hydrogen-bond donors (Lipinski definition) is 1. The summed E-state index contributed by atoms with van der Waals surface area (Å²) in [5.41, 5.74) is 4.98. The molecule has 112 valence electrons. The SMILES string of the molecule is CCNC(C)c1cccnc1N(C)c1ccc(C)cc1C. The summed E-state index contributed by atoms with van der Waals surface area (Å²) in [5, 5.41) is 3.47. The highest BCUT2D eigenvalue weighted by Crippen LogP contribution is 2.30. The van der Waals surface area contributed by atoms with Gasteiger partial charge in [0.2, 0.25) is 0 Å². The molecule has 1 N–H and O–H groups in total. The van der Waals surface area contributed by atoms with Crippen molar-refractivity contribution < 1.29 is 0 Å². The zero-order valence-electron chi connectivity index (χ0n) is 13.6. The Morgan fingerprint density at radius 3 is 2.67 bits per heavy atom. The van der Waals surface area contributed by atoms with Crippen molar-refractivity contribution in [2.75, 3.05) is 18.5 Å². The Bertz CT molecular complexity index is 607. The minimum absolute atomic E-state index is 0.284. The number of pyridine rings is 1. The highest BCUT2D eigenvalue weighted by atomic mass is 15.2. The van der Waals surface area contributed by atoms with Crippen molar-refractivity contribution in [3.63, 3.8) is 0 Å².